The molecule has 33 heavy (non-hydrogen) atoms. The number of nitrogens with zero attached hydrogens (tertiary/aromatic N) is 1. The lowest BCUT2D eigenvalue weighted by molar-refractivity contribution is -0.115. The van der Waals surface area contributed by atoms with Crippen LogP contribution in [0, 0.1) is 0 Å². The summed E-state index contributed by atoms with van der Waals surface area (Å²) in [6.45, 7) is 5.67. The Labute approximate surface area is 191 Å². The van der Waals surface area contributed by atoms with E-state index in [1.807, 2.05) is 25.1 Å². The number of benzene rings is 2. The zero-order valence-corrected chi connectivity index (χ0v) is 18.2. The van der Waals surface area contributed by atoms with Crippen LogP contribution in [0.1, 0.15) is 40.5 Å². The number of aromatic nitrogens is 1. The summed E-state index contributed by atoms with van der Waals surface area (Å²) in [4.78, 5) is 28.6. The summed E-state index contributed by atoms with van der Waals surface area (Å²) in [6.07, 6.45) is 10.2. The van der Waals surface area contributed by atoms with Gasteiger partial charge in [-0.15, -0.1) is 0 Å². The largest absolute Gasteiger partial charge is 0.508 e. The Bertz CT molecular complexity index is 1330. The molecule has 0 saturated heterocycles. The molecule has 1 aliphatic heterocycles. The molecule has 0 fully saturated rings. The first-order chi connectivity index (χ1) is 16.0. The number of hydrogen-bond donors (Lipinski definition) is 4. The van der Waals surface area contributed by atoms with Crippen molar-refractivity contribution in [2.75, 3.05) is 5.32 Å². The van der Waals surface area contributed by atoms with Gasteiger partial charge in [0.1, 0.15) is 5.75 Å². The number of rotatable bonds is 7. The van der Waals surface area contributed by atoms with Crippen LogP contribution >= 0.6 is 0 Å². The predicted octanol–water partition coefficient (Wildman–Crippen LogP) is 4.67. The summed E-state index contributed by atoms with van der Waals surface area (Å²) in [7, 11) is 0. The molecule has 4 N–H and O–H groups in total. The maximum atomic E-state index is 12.7. The molecule has 2 amide bonds. The van der Waals surface area contributed by atoms with Crippen molar-refractivity contribution >= 4 is 40.2 Å². The summed E-state index contributed by atoms with van der Waals surface area (Å²) in [5, 5.41) is 17.1. The number of carbonyl (C=O) groups excluding carboxylic acids is 2. The molecule has 0 bridgehead atoms. The van der Waals surface area contributed by atoms with Crippen LogP contribution in [0.5, 0.6) is 5.75 Å². The molecular formula is C26H24N4O3. The molecule has 0 saturated carbocycles. The number of phenols is 1. The van der Waals surface area contributed by atoms with Crippen molar-refractivity contribution in [3.63, 3.8) is 0 Å². The van der Waals surface area contributed by atoms with Gasteiger partial charge < -0.3 is 15.4 Å². The summed E-state index contributed by atoms with van der Waals surface area (Å²) >= 11 is 0. The molecule has 1 aliphatic rings. The van der Waals surface area contributed by atoms with Gasteiger partial charge in [-0.2, -0.15) is 5.10 Å². The summed E-state index contributed by atoms with van der Waals surface area (Å²) < 4.78 is 0. The second-order valence-corrected chi connectivity index (χ2v) is 7.74. The number of hydrazone groups is 1. The molecule has 0 spiro atoms. The fourth-order valence-electron chi connectivity index (χ4n) is 3.79. The Hall–Kier alpha value is -4.39. The minimum absolute atomic E-state index is 0.143. The van der Waals surface area contributed by atoms with Crippen LogP contribution in [-0.4, -0.2) is 28.1 Å². The Kier molecular flexibility index (Phi) is 6.22. The molecule has 7 heteroatoms. The van der Waals surface area contributed by atoms with Gasteiger partial charge in [0, 0.05) is 22.2 Å². The minimum atomic E-state index is -0.342. The van der Waals surface area contributed by atoms with E-state index in [9.17, 15) is 14.7 Å². The highest BCUT2D eigenvalue weighted by Crippen LogP contribution is 2.32. The molecule has 0 unspecified atom stereocenters. The minimum Gasteiger partial charge on any atom is -0.508 e. The van der Waals surface area contributed by atoms with Crippen LogP contribution in [0.3, 0.4) is 0 Å². The van der Waals surface area contributed by atoms with Crippen molar-refractivity contribution in [1.82, 2.24) is 10.4 Å². The van der Waals surface area contributed by atoms with Gasteiger partial charge >= 0.3 is 0 Å². The van der Waals surface area contributed by atoms with Gasteiger partial charge in [0.05, 0.1) is 23.9 Å². The van der Waals surface area contributed by atoms with Crippen molar-refractivity contribution in [2.45, 2.75) is 19.8 Å². The zero-order chi connectivity index (χ0) is 23.4. The smallest absolute Gasteiger partial charge is 0.272 e. The first kappa shape index (κ1) is 21.8. The van der Waals surface area contributed by atoms with Crippen LogP contribution in [0.25, 0.3) is 16.5 Å². The van der Waals surface area contributed by atoms with E-state index in [-0.39, 0.29) is 24.0 Å². The van der Waals surface area contributed by atoms with E-state index in [1.165, 1.54) is 12.1 Å². The standard InChI is InChI=1S/C26H24N4O3/c1-3-4-5-6-7-16(2)25-21-15-27-30-26(33)20-13-18(14-22(29-25)24(20)21)28-23(32)12-17-8-10-19(31)11-9-17/h3-5,7-11,13-15,29,31H,1,6,12H2,2H3,(H,28,32)(H,30,33)/b5-4?,16-7+. The van der Waals surface area contributed by atoms with Crippen molar-refractivity contribution in [3.05, 3.63) is 89.7 Å². The molecule has 3 aromatic rings. The van der Waals surface area contributed by atoms with Crippen LogP contribution in [0.15, 0.2) is 72.4 Å². The molecule has 7 nitrogen and oxygen atoms in total. The average molecular weight is 441 g/mol. The number of aromatic amines is 1. The lowest BCUT2D eigenvalue weighted by Crippen LogP contribution is -2.18. The highest BCUT2D eigenvalue weighted by atomic mass is 16.3. The van der Waals surface area contributed by atoms with Crippen molar-refractivity contribution in [2.24, 2.45) is 5.10 Å². The lowest BCUT2D eigenvalue weighted by Gasteiger charge is -2.08. The fourth-order valence-corrected chi connectivity index (χ4v) is 3.79. The lowest BCUT2D eigenvalue weighted by atomic mass is 10.0. The second kappa shape index (κ2) is 9.40. The third-order valence-corrected chi connectivity index (χ3v) is 5.35. The number of allylic oxidation sites excluding steroid dienone is 5. The summed E-state index contributed by atoms with van der Waals surface area (Å²) in [6, 6.07) is 9.95. The van der Waals surface area contributed by atoms with E-state index < -0.39 is 0 Å². The summed E-state index contributed by atoms with van der Waals surface area (Å²) in [5.41, 5.74) is 7.67. The third kappa shape index (κ3) is 4.77. The molecule has 0 atom stereocenters. The molecule has 1 aromatic heterocycles. The third-order valence-electron chi connectivity index (χ3n) is 5.35. The number of H-pyrrole nitrogens is 1. The van der Waals surface area contributed by atoms with Gasteiger partial charge in [0.2, 0.25) is 5.91 Å². The highest BCUT2D eigenvalue weighted by Gasteiger charge is 2.22. The average Bonchev–Trinajstić information content (AvgIpc) is 3.07. The van der Waals surface area contributed by atoms with E-state index in [2.05, 4.69) is 33.5 Å². The van der Waals surface area contributed by atoms with Crippen molar-refractivity contribution in [3.8, 4) is 5.75 Å². The SMILES string of the molecule is C=CC=CC/C=C(\C)c1[nH]c2cc(NC(=O)Cc3ccc(O)cc3)cc3c2c1C=NNC3=O. The Morgan fingerprint density at radius 1 is 1.24 bits per heavy atom. The molecular weight excluding hydrogens is 416 g/mol. The summed E-state index contributed by atoms with van der Waals surface area (Å²) in [5.74, 6) is -0.423. The Balaban J connectivity index is 1.68. The van der Waals surface area contributed by atoms with Gasteiger partial charge in [0.15, 0.2) is 0 Å². The van der Waals surface area contributed by atoms with Gasteiger partial charge in [-0.3, -0.25) is 9.59 Å². The normalized spacial score (nSPS) is 13.2. The molecule has 4 rings (SSSR count). The number of amides is 2. The number of nitrogens with one attached hydrogen (secondary N) is 3. The molecule has 0 aliphatic carbocycles. The van der Waals surface area contributed by atoms with Crippen LogP contribution in [0.2, 0.25) is 0 Å². The van der Waals surface area contributed by atoms with Gasteiger partial charge in [-0.05, 0) is 48.7 Å². The first-order valence-electron chi connectivity index (χ1n) is 10.5. The number of carbonyl (C=O) groups is 2. The van der Waals surface area contributed by atoms with Crippen molar-refractivity contribution < 1.29 is 14.7 Å². The molecule has 0 radical (unpaired) electrons. The van der Waals surface area contributed by atoms with Crippen LogP contribution in [0.4, 0.5) is 5.69 Å². The first-order valence-corrected chi connectivity index (χ1v) is 10.5. The topological polar surface area (TPSA) is 107 Å². The maximum Gasteiger partial charge on any atom is 0.272 e. The maximum absolute atomic E-state index is 12.7. The molecule has 2 heterocycles. The van der Waals surface area contributed by atoms with E-state index in [4.69, 9.17) is 0 Å². The van der Waals surface area contributed by atoms with E-state index >= 15 is 0 Å². The van der Waals surface area contributed by atoms with E-state index in [1.54, 1.807) is 30.5 Å². The van der Waals surface area contributed by atoms with Gasteiger partial charge in [-0.25, -0.2) is 5.43 Å². The Morgan fingerprint density at radius 3 is 2.79 bits per heavy atom. The number of phenolic OH excluding ortho intramolecular Hbond substituents is 1. The predicted molar refractivity (Wildman–Crippen MR) is 131 cm³/mol. The van der Waals surface area contributed by atoms with Crippen LogP contribution in [-0.2, 0) is 11.2 Å². The number of anilines is 1. The zero-order valence-electron chi connectivity index (χ0n) is 18.2. The molecule has 2 aromatic carbocycles. The van der Waals surface area contributed by atoms with Gasteiger partial charge in [-0.1, -0.05) is 43.0 Å². The highest BCUT2D eigenvalue weighted by molar-refractivity contribution is 6.17. The van der Waals surface area contributed by atoms with Gasteiger partial charge in [0.25, 0.3) is 5.91 Å². The second-order valence-electron chi connectivity index (χ2n) is 7.74. The van der Waals surface area contributed by atoms with Crippen LogP contribution < -0.4 is 10.7 Å². The Morgan fingerprint density at radius 2 is 2.03 bits per heavy atom. The number of aromatic hydroxyl groups is 1. The monoisotopic (exact) mass is 440 g/mol. The molecule has 166 valence electrons. The van der Waals surface area contributed by atoms with Crippen molar-refractivity contribution in [1.29, 1.82) is 0 Å². The number of hydrogen-bond acceptors (Lipinski definition) is 4. The fraction of sp³-hybridized carbons (Fsp3) is 0.115. The van der Waals surface area contributed by atoms with E-state index in [0.29, 0.717) is 11.3 Å². The quantitative estimate of drug-likeness (QED) is 0.401. The van der Waals surface area contributed by atoms with E-state index in [0.717, 1.165) is 39.7 Å².